The Morgan fingerprint density at radius 2 is 2.00 bits per heavy atom. The normalized spacial score (nSPS) is 12.7. The first-order valence-corrected chi connectivity index (χ1v) is 4.89. The quantitative estimate of drug-likeness (QED) is 0.807. The molecule has 0 radical (unpaired) electrons. The lowest BCUT2D eigenvalue weighted by atomic mass is 10.1. The van der Waals surface area contributed by atoms with Gasteiger partial charge in [0.15, 0.2) is 0 Å². The molecule has 0 saturated heterocycles. The van der Waals surface area contributed by atoms with Gasteiger partial charge in [0.2, 0.25) is 5.95 Å². The Hall–Kier alpha value is -1.84. The van der Waals surface area contributed by atoms with Crippen molar-refractivity contribution in [1.29, 1.82) is 0 Å². The summed E-state index contributed by atoms with van der Waals surface area (Å²) in [4.78, 5) is 8.18. The number of hydrogen-bond donors (Lipinski definition) is 1. The Morgan fingerprint density at radius 1 is 1.33 bits per heavy atom. The van der Waals surface area contributed by atoms with E-state index in [1.54, 1.807) is 12.4 Å². The summed E-state index contributed by atoms with van der Waals surface area (Å²) in [5.41, 5.74) is 7.93. The van der Waals surface area contributed by atoms with Crippen molar-refractivity contribution in [2.24, 2.45) is 0 Å². The summed E-state index contributed by atoms with van der Waals surface area (Å²) >= 11 is 0. The summed E-state index contributed by atoms with van der Waals surface area (Å²) in [6, 6.07) is 4.16. The van der Waals surface area contributed by atoms with Crippen LogP contribution in [0.15, 0.2) is 30.7 Å². The molecule has 0 bridgehead atoms. The van der Waals surface area contributed by atoms with Crippen LogP contribution in [0.2, 0.25) is 0 Å². The molecule has 1 unspecified atom stereocenters. The van der Waals surface area contributed by atoms with Gasteiger partial charge in [0.1, 0.15) is 0 Å². The fraction of sp³-hybridized carbons (Fsp3) is 0.273. The number of aromatic nitrogens is 3. The number of nitrogens with two attached hydrogens (primary N) is 1. The maximum Gasteiger partial charge on any atom is 0.200 e. The molecule has 78 valence electrons. The van der Waals surface area contributed by atoms with Crippen LogP contribution in [0.1, 0.15) is 24.2 Å². The third-order valence-corrected chi connectivity index (χ3v) is 2.49. The number of aryl methyl sites for hydroxylation is 1. The van der Waals surface area contributed by atoms with Gasteiger partial charge < -0.3 is 10.3 Å². The minimum absolute atomic E-state index is 0.189. The van der Waals surface area contributed by atoms with Crippen molar-refractivity contribution < 1.29 is 0 Å². The molecule has 0 aliphatic carbocycles. The zero-order valence-corrected chi connectivity index (χ0v) is 8.88. The highest BCUT2D eigenvalue weighted by molar-refractivity contribution is 5.26. The van der Waals surface area contributed by atoms with E-state index in [0.717, 1.165) is 5.69 Å². The molecular formula is C11H14N4. The number of hydrogen-bond acceptors (Lipinski definition) is 3. The summed E-state index contributed by atoms with van der Waals surface area (Å²) in [5, 5.41) is 0. The van der Waals surface area contributed by atoms with E-state index in [2.05, 4.69) is 16.9 Å². The molecule has 4 heteroatoms. The lowest BCUT2D eigenvalue weighted by Gasteiger charge is -2.14. The Balaban J connectivity index is 2.36. The topological polar surface area (TPSA) is 56.7 Å². The zero-order chi connectivity index (χ0) is 10.8. The molecule has 0 aliphatic rings. The predicted octanol–water partition coefficient (Wildman–Crippen LogP) is 1.78. The molecule has 0 amide bonds. The molecule has 2 aromatic heterocycles. The third-order valence-electron chi connectivity index (χ3n) is 2.49. The van der Waals surface area contributed by atoms with Crippen molar-refractivity contribution in [1.82, 2.24) is 14.5 Å². The molecule has 2 aromatic rings. The first-order chi connectivity index (χ1) is 7.18. The van der Waals surface area contributed by atoms with Crippen molar-refractivity contribution >= 4 is 5.95 Å². The molecule has 15 heavy (non-hydrogen) atoms. The van der Waals surface area contributed by atoms with Crippen LogP contribution in [0.3, 0.4) is 0 Å². The second-order valence-electron chi connectivity index (χ2n) is 3.60. The highest BCUT2D eigenvalue weighted by atomic mass is 15.2. The second kappa shape index (κ2) is 3.73. The van der Waals surface area contributed by atoms with E-state index in [1.165, 1.54) is 5.56 Å². The van der Waals surface area contributed by atoms with E-state index in [9.17, 15) is 0 Å². The standard InChI is InChI=1S/C11H14N4/c1-8-7-15(11(12)14-8)9(2)10-3-5-13-6-4-10/h3-7,9H,1-2H3,(H2,12,14). The molecule has 2 N–H and O–H groups in total. The van der Waals surface area contributed by atoms with Crippen LogP contribution in [-0.4, -0.2) is 14.5 Å². The first-order valence-electron chi connectivity index (χ1n) is 4.89. The summed E-state index contributed by atoms with van der Waals surface area (Å²) in [6.07, 6.45) is 5.53. The van der Waals surface area contributed by atoms with Crippen molar-refractivity contribution in [2.75, 3.05) is 5.73 Å². The number of rotatable bonds is 2. The molecule has 0 fully saturated rings. The van der Waals surface area contributed by atoms with Crippen LogP contribution < -0.4 is 5.73 Å². The first kappa shape index (κ1) is 9.71. The monoisotopic (exact) mass is 202 g/mol. The highest BCUT2D eigenvalue weighted by Crippen LogP contribution is 2.20. The summed E-state index contributed by atoms with van der Waals surface area (Å²) in [7, 11) is 0. The molecule has 4 nitrogen and oxygen atoms in total. The van der Waals surface area contributed by atoms with E-state index < -0.39 is 0 Å². The Labute approximate surface area is 88.8 Å². The van der Waals surface area contributed by atoms with Gasteiger partial charge in [0, 0.05) is 18.6 Å². The van der Waals surface area contributed by atoms with Crippen LogP contribution in [-0.2, 0) is 0 Å². The summed E-state index contributed by atoms with van der Waals surface area (Å²) in [5.74, 6) is 0.553. The van der Waals surface area contributed by atoms with E-state index in [1.807, 2.05) is 29.8 Å². The maximum atomic E-state index is 5.82. The van der Waals surface area contributed by atoms with Gasteiger partial charge in [-0.15, -0.1) is 0 Å². The van der Waals surface area contributed by atoms with E-state index >= 15 is 0 Å². The van der Waals surface area contributed by atoms with Gasteiger partial charge >= 0.3 is 0 Å². The van der Waals surface area contributed by atoms with Crippen LogP contribution >= 0.6 is 0 Å². The molecule has 0 aromatic carbocycles. The Bertz CT molecular complexity index is 447. The van der Waals surface area contributed by atoms with Crippen LogP contribution in [0.25, 0.3) is 0 Å². The van der Waals surface area contributed by atoms with E-state index in [0.29, 0.717) is 5.95 Å². The van der Waals surface area contributed by atoms with Gasteiger partial charge in [-0.25, -0.2) is 4.98 Å². The van der Waals surface area contributed by atoms with Crippen molar-refractivity contribution in [3.05, 3.63) is 42.0 Å². The van der Waals surface area contributed by atoms with Gasteiger partial charge in [-0.3, -0.25) is 4.98 Å². The largest absolute Gasteiger partial charge is 0.369 e. The van der Waals surface area contributed by atoms with Crippen LogP contribution in [0.4, 0.5) is 5.95 Å². The Morgan fingerprint density at radius 3 is 2.53 bits per heavy atom. The lowest BCUT2D eigenvalue weighted by Crippen LogP contribution is -2.09. The fourth-order valence-corrected chi connectivity index (χ4v) is 1.65. The zero-order valence-electron chi connectivity index (χ0n) is 8.88. The number of nitrogens with zero attached hydrogens (tertiary/aromatic N) is 3. The van der Waals surface area contributed by atoms with Crippen LogP contribution in [0, 0.1) is 6.92 Å². The molecule has 0 spiro atoms. The average Bonchev–Trinajstić information content (AvgIpc) is 2.58. The summed E-state index contributed by atoms with van der Waals surface area (Å²) < 4.78 is 1.96. The van der Waals surface area contributed by atoms with Gasteiger partial charge in [0.25, 0.3) is 0 Å². The summed E-state index contributed by atoms with van der Waals surface area (Å²) in [6.45, 7) is 4.03. The minimum atomic E-state index is 0.189. The smallest absolute Gasteiger partial charge is 0.200 e. The van der Waals surface area contributed by atoms with E-state index in [-0.39, 0.29) is 6.04 Å². The predicted molar refractivity (Wildman–Crippen MR) is 59.4 cm³/mol. The Kier molecular flexibility index (Phi) is 2.41. The van der Waals surface area contributed by atoms with Crippen molar-refractivity contribution in [2.45, 2.75) is 19.9 Å². The molecule has 2 rings (SSSR count). The number of anilines is 1. The molecule has 1 atom stereocenters. The van der Waals surface area contributed by atoms with Crippen molar-refractivity contribution in [3.8, 4) is 0 Å². The van der Waals surface area contributed by atoms with Crippen LogP contribution in [0.5, 0.6) is 0 Å². The SMILES string of the molecule is Cc1cn(C(C)c2ccncc2)c(N)n1. The van der Waals surface area contributed by atoms with Crippen molar-refractivity contribution in [3.63, 3.8) is 0 Å². The molecule has 0 aliphatic heterocycles. The van der Waals surface area contributed by atoms with Gasteiger partial charge in [-0.1, -0.05) is 0 Å². The minimum Gasteiger partial charge on any atom is -0.369 e. The maximum absolute atomic E-state index is 5.82. The average molecular weight is 202 g/mol. The highest BCUT2D eigenvalue weighted by Gasteiger charge is 2.10. The van der Waals surface area contributed by atoms with E-state index in [4.69, 9.17) is 5.73 Å². The second-order valence-corrected chi connectivity index (χ2v) is 3.60. The molecular weight excluding hydrogens is 188 g/mol. The number of pyridine rings is 1. The van der Waals surface area contributed by atoms with Gasteiger partial charge in [-0.05, 0) is 31.5 Å². The fourth-order valence-electron chi connectivity index (χ4n) is 1.65. The molecule has 2 heterocycles. The molecule has 0 saturated carbocycles. The number of imidazole rings is 1. The third kappa shape index (κ3) is 1.83. The lowest BCUT2D eigenvalue weighted by molar-refractivity contribution is 0.647. The number of nitrogen functional groups attached to an aromatic ring is 1. The van der Waals surface area contributed by atoms with Gasteiger partial charge in [-0.2, -0.15) is 0 Å². The van der Waals surface area contributed by atoms with Gasteiger partial charge in [0.05, 0.1) is 11.7 Å².